The Morgan fingerprint density at radius 2 is 1.09 bits per heavy atom. The van der Waals surface area contributed by atoms with E-state index >= 15 is 0 Å². The first-order valence-corrected chi connectivity index (χ1v) is 7.59. The Kier molecular flexibility index (Phi) is 4.47. The van der Waals surface area contributed by atoms with Crippen LogP contribution in [0.25, 0.3) is 12.2 Å². The molecule has 0 N–H and O–H groups in total. The van der Waals surface area contributed by atoms with Gasteiger partial charge in [-0.2, -0.15) is 0 Å². The van der Waals surface area contributed by atoms with E-state index in [4.69, 9.17) is 0 Å². The Morgan fingerprint density at radius 3 is 1.48 bits per heavy atom. The van der Waals surface area contributed by atoms with Gasteiger partial charge in [-0.3, -0.25) is 4.79 Å². The number of Topliss-reactive ketones (excluding diaryl/α,β-unsaturated/α-hetero) is 1. The fourth-order valence-corrected chi connectivity index (χ4v) is 2.70. The lowest BCUT2D eigenvalue weighted by molar-refractivity contribution is -0.112. The molecule has 0 bridgehead atoms. The zero-order valence-corrected chi connectivity index (χ0v) is 12.6. The van der Waals surface area contributed by atoms with Crippen molar-refractivity contribution in [2.75, 3.05) is 0 Å². The van der Waals surface area contributed by atoms with Gasteiger partial charge in [-0.1, -0.05) is 24.3 Å². The van der Waals surface area contributed by atoms with E-state index in [1.54, 1.807) is 24.3 Å². The van der Waals surface area contributed by atoms with Crippen LogP contribution >= 0.6 is 0 Å². The van der Waals surface area contributed by atoms with E-state index in [1.807, 2.05) is 12.2 Å². The standard InChI is InChI=1S/C20H16F2O/c21-18-8-4-14(5-9-18)12-16-2-1-3-17(20(16)23)13-15-6-10-19(22)11-7-15/h4-13H,1-3H2. The van der Waals surface area contributed by atoms with Gasteiger partial charge in [-0.05, 0) is 66.8 Å². The molecular formula is C20H16F2O. The monoisotopic (exact) mass is 310 g/mol. The maximum absolute atomic E-state index is 13.0. The third-order valence-corrected chi connectivity index (χ3v) is 3.90. The zero-order chi connectivity index (χ0) is 16.2. The maximum atomic E-state index is 13.0. The highest BCUT2D eigenvalue weighted by atomic mass is 19.1. The molecule has 3 heteroatoms. The number of halogens is 2. The quantitative estimate of drug-likeness (QED) is 0.698. The molecule has 2 aromatic carbocycles. The SMILES string of the molecule is O=C1C(=Cc2ccc(F)cc2)CCCC1=Cc1ccc(F)cc1. The molecule has 3 rings (SSSR count). The minimum atomic E-state index is -0.293. The summed E-state index contributed by atoms with van der Waals surface area (Å²) in [6.07, 6.45) is 5.97. The first kappa shape index (κ1) is 15.3. The minimum Gasteiger partial charge on any atom is -0.289 e. The summed E-state index contributed by atoms with van der Waals surface area (Å²) in [6, 6.07) is 12.2. The van der Waals surface area contributed by atoms with Crippen molar-refractivity contribution in [2.45, 2.75) is 19.3 Å². The van der Waals surface area contributed by atoms with E-state index in [1.165, 1.54) is 24.3 Å². The number of benzene rings is 2. The first-order valence-electron chi connectivity index (χ1n) is 7.59. The number of hydrogen-bond acceptors (Lipinski definition) is 1. The Morgan fingerprint density at radius 1 is 0.696 bits per heavy atom. The molecule has 0 spiro atoms. The van der Waals surface area contributed by atoms with Crippen LogP contribution in [0.15, 0.2) is 59.7 Å². The smallest absolute Gasteiger partial charge is 0.185 e. The number of carbonyl (C=O) groups is 1. The fourth-order valence-electron chi connectivity index (χ4n) is 2.70. The van der Waals surface area contributed by atoms with Crippen LogP contribution in [0.2, 0.25) is 0 Å². The summed E-state index contributed by atoms with van der Waals surface area (Å²) in [5.74, 6) is -0.567. The van der Waals surface area contributed by atoms with Gasteiger partial charge in [0.2, 0.25) is 0 Å². The first-order chi connectivity index (χ1) is 11.1. The number of allylic oxidation sites excluding steroid dienone is 2. The molecule has 1 aliphatic carbocycles. The lowest BCUT2D eigenvalue weighted by atomic mass is 9.87. The van der Waals surface area contributed by atoms with Crippen LogP contribution in [-0.2, 0) is 4.79 Å². The van der Waals surface area contributed by atoms with Crippen molar-refractivity contribution in [3.05, 3.63) is 82.4 Å². The van der Waals surface area contributed by atoms with Crippen molar-refractivity contribution in [2.24, 2.45) is 0 Å². The summed E-state index contributed by atoms with van der Waals surface area (Å²) >= 11 is 0. The zero-order valence-electron chi connectivity index (χ0n) is 12.6. The molecule has 0 aliphatic heterocycles. The van der Waals surface area contributed by atoms with Crippen molar-refractivity contribution in [1.29, 1.82) is 0 Å². The third-order valence-electron chi connectivity index (χ3n) is 3.90. The molecule has 1 saturated carbocycles. The topological polar surface area (TPSA) is 17.1 Å². The molecular weight excluding hydrogens is 294 g/mol. The van der Waals surface area contributed by atoms with Crippen molar-refractivity contribution < 1.29 is 13.6 Å². The number of carbonyl (C=O) groups excluding carboxylic acids is 1. The summed E-state index contributed by atoms with van der Waals surface area (Å²) in [6.45, 7) is 0. The summed E-state index contributed by atoms with van der Waals surface area (Å²) in [4.78, 5) is 12.6. The van der Waals surface area contributed by atoms with Crippen LogP contribution in [0.4, 0.5) is 8.78 Å². The second-order valence-corrected chi connectivity index (χ2v) is 5.62. The molecule has 2 aromatic rings. The molecule has 116 valence electrons. The van der Waals surface area contributed by atoms with Crippen LogP contribution in [0.1, 0.15) is 30.4 Å². The predicted molar refractivity (Wildman–Crippen MR) is 87.6 cm³/mol. The van der Waals surface area contributed by atoms with Crippen molar-refractivity contribution in [3.63, 3.8) is 0 Å². The Labute approximate surface area is 134 Å². The fraction of sp³-hybridized carbons (Fsp3) is 0.150. The van der Waals surface area contributed by atoms with E-state index in [0.29, 0.717) is 0 Å². The molecule has 0 heterocycles. The summed E-state index contributed by atoms with van der Waals surface area (Å²) in [7, 11) is 0. The normalized spacial score (nSPS) is 18.6. The lowest BCUT2D eigenvalue weighted by Crippen LogP contribution is -2.12. The highest BCUT2D eigenvalue weighted by Gasteiger charge is 2.20. The molecule has 1 fully saturated rings. The van der Waals surface area contributed by atoms with E-state index in [-0.39, 0.29) is 17.4 Å². The van der Waals surface area contributed by atoms with E-state index in [0.717, 1.165) is 41.5 Å². The average molecular weight is 310 g/mol. The van der Waals surface area contributed by atoms with Crippen LogP contribution in [-0.4, -0.2) is 5.78 Å². The second-order valence-electron chi connectivity index (χ2n) is 5.62. The van der Waals surface area contributed by atoms with Crippen molar-refractivity contribution in [1.82, 2.24) is 0 Å². The maximum Gasteiger partial charge on any atom is 0.185 e. The summed E-state index contributed by atoms with van der Waals surface area (Å²) in [5.41, 5.74) is 3.10. The highest BCUT2D eigenvalue weighted by molar-refractivity contribution is 6.13. The predicted octanol–water partition coefficient (Wildman–Crippen LogP) is 5.18. The van der Waals surface area contributed by atoms with Crippen LogP contribution < -0.4 is 0 Å². The van der Waals surface area contributed by atoms with E-state index < -0.39 is 0 Å². The highest BCUT2D eigenvalue weighted by Crippen LogP contribution is 2.28. The molecule has 1 nitrogen and oxygen atoms in total. The van der Waals surface area contributed by atoms with E-state index in [2.05, 4.69) is 0 Å². The molecule has 0 aromatic heterocycles. The molecule has 0 unspecified atom stereocenters. The molecule has 0 atom stereocenters. The summed E-state index contributed by atoms with van der Waals surface area (Å²) in [5, 5.41) is 0. The van der Waals surface area contributed by atoms with Gasteiger partial charge in [0.15, 0.2) is 5.78 Å². The van der Waals surface area contributed by atoms with Gasteiger partial charge >= 0.3 is 0 Å². The Hall–Kier alpha value is -2.55. The number of rotatable bonds is 2. The molecule has 23 heavy (non-hydrogen) atoms. The van der Waals surface area contributed by atoms with Crippen molar-refractivity contribution in [3.8, 4) is 0 Å². The molecule has 1 aliphatic rings. The molecule has 0 radical (unpaired) electrons. The van der Waals surface area contributed by atoms with Gasteiger partial charge in [-0.15, -0.1) is 0 Å². The van der Waals surface area contributed by atoms with Gasteiger partial charge in [0, 0.05) is 11.1 Å². The van der Waals surface area contributed by atoms with Gasteiger partial charge < -0.3 is 0 Å². The number of hydrogen-bond donors (Lipinski definition) is 0. The molecule has 0 saturated heterocycles. The third kappa shape index (κ3) is 3.81. The lowest BCUT2D eigenvalue weighted by Gasteiger charge is -2.16. The number of ketones is 1. The molecule has 0 amide bonds. The van der Waals surface area contributed by atoms with Gasteiger partial charge in [-0.25, -0.2) is 8.78 Å². The minimum absolute atomic E-state index is 0.0184. The van der Waals surface area contributed by atoms with Crippen molar-refractivity contribution >= 4 is 17.9 Å². The second kappa shape index (κ2) is 6.69. The Balaban J connectivity index is 1.86. The van der Waals surface area contributed by atoms with Gasteiger partial charge in [0.25, 0.3) is 0 Å². The Bertz CT molecular complexity index is 703. The van der Waals surface area contributed by atoms with Crippen LogP contribution in [0.5, 0.6) is 0 Å². The van der Waals surface area contributed by atoms with Gasteiger partial charge in [0.05, 0.1) is 0 Å². The average Bonchev–Trinajstić information content (AvgIpc) is 2.55. The summed E-state index contributed by atoms with van der Waals surface area (Å²) < 4.78 is 25.9. The van der Waals surface area contributed by atoms with Gasteiger partial charge in [0.1, 0.15) is 11.6 Å². The largest absolute Gasteiger partial charge is 0.289 e. The van der Waals surface area contributed by atoms with E-state index in [9.17, 15) is 13.6 Å². The van der Waals surface area contributed by atoms with Crippen LogP contribution in [0.3, 0.4) is 0 Å². The van der Waals surface area contributed by atoms with Crippen LogP contribution in [0, 0.1) is 11.6 Å².